The lowest BCUT2D eigenvalue weighted by Gasteiger charge is -2.07. The zero-order chi connectivity index (χ0) is 13.0. The van der Waals surface area contributed by atoms with Crippen LogP contribution in [0.4, 0.5) is 5.69 Å². The molecule has 0 amide bonds. The van der Waals surface area contributed by atoms with Gasteiger partial charge in [0.2, 0.25) is 0 Å². The van der Waals surface area contributed by atoms with E-state index in [1.807, 2.05) is 18.2 Å². The number of nitrogens with zero attached hydrogens (tertiary/aromatic N) is 2. The Kier molecular flexibility index (Phi) is 4.43. The van der Waals surface area contributed by atoms with Crippen molar-refractivity contribution in [2.45, 2.75) is 23.4 Å². The monoisotopic (exact) mass is 281 g/mol. The van der Waals surface area contributed by atoms with Gasteiger partial charge in [-0.15, -0.1) is 0 Å². The fourth-order valence-electron chi connectivity index (χ4n) is 1.46. The van der Waals surface area contributed by atoms with Gasteiger partial charge in [0, 0.05) is 29.5 Å². The first kappa shape index (κ1) is 13.2. The van der Waals surface area contributed by atoms with Gasteiger partial charge in [-0.2, -0.15) is 4.37 Å². The van der Waals surface area contributed by atoms with Crippen LogP contribution in [0.3, 0.4) is 0 Å². The Morgan fingerprint density at radius 1 is 1.44 bits per heavy atom. The van der Waals surface area contributed by atoms with Crippen molar-refractivity contribution in [3.63, 3.8) is 0 Å². The molecule has 0 saturated carbocycles. The second kappa shape index (κ2) is 6.06. The van der Waals surface area contributed by atoms with Crippen LogP contribution in [0.25, 0.3) is 0 Å². The molecule has 0 bridgehead atoms. The molecule has 0 fully saturated rings. The van der Waals surface area contributed by atoms with Crippen molar-refractivity contribution in [1.82, 2.24) is 9.36 Å². The molecule has 2 rings (SSSR count). The van der Waals surface area contributed by atoms with Crippen molar-refractivity contribution >= 4 is 29.0 Å². The molecular formula is C12H15N3OS2. The molecule has 2 N–H and O–H groups in total. The van der Waals surface area contributed by atoms with Crippen LogP contribution in [-0.4, -0.2) is 16.5 Å². The van der Waals surface area contributed by atoms with Gasteiger partial charge < -0.3 is 10.5 Å². The maximum Gasteiger partial charge on any atom is 0.170 e. The summed E-state index contributed by atoms with van der Waals surface area (Å²) < 4.78 is 10.6. The normalized spacial score (nSPS) is 10.6. The van der Waals surface area contributed by atoms with Gasteiger partial charge in [0.25, 0.3) is 0 Å². The Hall–Kier alpha value is -1.27. The Morgan fingerprint density at radius 3 is 2.94 bits per heavy atom. The summed E-state index contributed by atoms with van der Waals surface area (Å²) in [4.78, 5) is 4.42. The minimum Gasteiger partial charge on any atom is -0.496 e. The molecule has 0 spiro atoms. The number of aromatic nitrogens is 2. The summed E-state index contributed by atoms with van der Waals surface area (Å²) in [6.45, 7) is 2.06. The molecule has 4 nitrogen and oxygen atoms in total. The van der Waals surface area contributed by atoms with Crippen LogP contribution in [0.15, 0.2) is 22.5 Å². The van der Waals surface area contributed by atoms with Crippen LogP contribution in [0.2, 0.25) is 0 Å². The molecule has 0 unspecified atom stereocenters. The highest BCUT2D eigenvalue weighted by atomic mass is 32.2. The first-order valence-electron chi connectivity index (χ1n) is 5.60. The van der Waals surface area contributed by atoms with Gasteiger partial charge in [0.15, 0.2) is 4.34 Å². The van der Waals surface area contributed by atoms with Crippen LogP contribution < -0.4 is 10.5 Å². The molecule has 1 aromatic carbocycles. The number of nitrogens with two attached hydrogens (primary N) is 1. The Balaban J connectivity index is 2.05. The molecule has 18 heavy (non-hydrogen) atoms. The second-order valence-electron chi connectivity index (χ2n) is 3.69. The maximum atomic E-state index is 5.72. The molecule has 0 atom stereocenters. The molecule has 0 radical (unpaired) electrons. The highest BCUT2D eigenvalue weighted by molar-refractivity contribution is 8.00. The first-order chi connectivity index (χ1) is 8.72. The highest BCUT2D eigenvalue weighted by Crippen LogP contribution is 2.30. The number of anilines is 1. The number of aryl methyl sites for hydroxylation is 1. The Labute approximate surface area is 115 Å². The van der Waals surface area contributed by atoms with E-state index in [1.54, 1.807) is 18.9 Å². The van der Waals surface area contributed by atoms with E-state index in [-0.39, 0.29) is 0 Å². The summed E-state index contributed by atoms with van der Waals surface area (Å²) in [7, 11) is 1.66. The van der Waals surface area contributed by atoms with Crippen molar-refractivity contribution in [3.8, 4) is 5.75 Å². The van der Waals surface area contributed by atoms with E-state index < -0.39 is 0 Å². The molecule has 0 saturated heterocycles. The van der Waals surface area contributed by atoms with Gasteiger partial charge in [-0.05, 0) is 17.6 Å². The van der Waals surface area contributed by atoms with Crippen LogP contribution in [-0.2, 0) is 12.2 Å². The zero-order valence-corrected chi connectivity index (χ0v) is 12.0. The summed E-state index contributed by atoms with van der Waals surface area (Å²) in [5.41, 5.74) is 7.55. The lowest BCUT2D eigenvalue weighted by Crippen LogP contribution is -1.93. The minimum atomic E-state index is 0.713. The van der Waals surface area contributed by atoms with Crippen LogP contribution in [0, 0.1) is 0 Å². The fourth-order valence-corrected chi connectivity index (χ4v) is 3.15. The molecular weight excluding hydrogens is 266 g/mol. The largest absolute Gasteiger partial charge is 0.496 e. The van der Waals surface area contributed by atoms with Gasteiger partial charge in [-0.3, -0.25) is 0 Å². The third kappa shape index (κ3) is 3.14. The molecule has 2 aromatic rings. The summed E-state index contributed by atoms with van der Waals surface area (Å²) in [5, 5.41) is 0. The number of nitrogen functional groups attached to an aromatic ring is 1. The summed E-state index contributed by atoms with van der Waals surface area (Å²) in [6.07, 6.45) is 0.877. The Morgan fingerprint density at radius 2 is 2.28 bits per heavy atom. The lowest BCUT2D eigenvalue weighted by atomic mass is 10.2. The van der Waals surface area contributed by atoms with E-state index in [0.29, 0.717) is 5.69 Å². The standard InChI is InChI=1S/C12H15N3OS2/c1-3-11-14-12(18-15-11)17-7-8-4-5-9(13)6-10(8)16-2/h4-6H,3,7,13H2,1-2H3. The van der Waals surface area contributed by atoms with Crippen molar-refractivity contribution < 1.29 is 4.74 Å². The topological polar surface area (TPSA) is 61.0 Å². The molecule has 6 heteroatoms. The van der Waals surface area contributed by atoms with Crippen LogP contribution in [0.1, 0.15) is 18.3 Å². The van der Waals surface area contributed by atoms with Crippen molar-refractivity contribution in [1.29, 1.82) is 0 Å². The molecule has 1 heterocycles. The van der Waals surface area contributed by atoms with E-state index >= 15 is 0 Å². The smallest absolute Gasteiger partial charge is 0.170 e. The van der Waals surface area contributed by atoms with Crippen molar-refractivity contribution in [3.05, 3.63) is 29.6 Å². The lowest BCUT2D eigenvalue weighted by molar-refractivity contribution is 0.411. The average molecular weight is 281 g/mol. The minimum absolute atomic E-state index is 0.713. The summed E-state index contributed by atoms with van der Waals surface area (Å²) >= 11 is 3.12. The third-order valence-corrected chi connectivity index (χ3v) is 4.35. The van der Waals surface area contributed by atoms with Gasteiger partial charge in [-0.25, -0.2) is 4.98 Å². The molecule has 1 aromatic heterocycles. The number of rotatable bonds is 5. The fraction of sp³-hybridized carbons (Fsp3) is 0.333. The van der Waals surface area contributed by atoms with Gasteiger partial charge in [-0.1, -0.05) is 24.8 Å². The average Bonchev–Trinajstić information content (AvgIpc) is 2.85. The quantitative estimate of drug-likeness (QED) is 0.674. The van der Waals surface area contributed by atoms with Crippen LogP contribution in [0.5, 0.6) is 5.75 Å². The number of hydrogen-bond acceptors (Lipinski definition) is 6. The maximum absolute atomic E-state index is 5.72. The summed E-state index contributed by atoms with van der Waals surface area (Å²) in [5.74, 6) is 2.54. The first-order valence-corrected chi connectivity index (χ1v) is 7.36. The van der Waals surface area contributed by atoms with E-state index in [9.17, 15) is 0 Å². The van der Waals surface area contributed by atoms with E-state index in [4.69, 9.17) is 10.5 Å². The molecule has 96 valence electrons. The van der Waals surface area contributed by atoms with Crippen LogP contribution >= 0.6 is 23.3 Å². The molecule has 0 aliphatic heterocycles. The highest BCUT2D eigenvalue weighted by Gasteiger charge is 2.07. The van der Waals surface area contributed by atoms with E-state index in [2.05, 4.69) is 16.3 Å². The van der Waals surface area contributed by atoms with E-state index in [1.165, 1.54) is 11.5 Å². The number of benzene rings is 1. The van der Waals surface area contributed by atoms with Crippen molar-refractivity contribution in [2.24, 2.45) is 0 Å². The molecule has 0 aliphatic rings. The van der Waals surface area contributed by atoms with E-state index in [0.717, 1.165) is 33.7 Å². The summed E-state index contributed by atoms with van der Waals surface area (Å²) in [6, 6.07) is 5.71. The zero-order valence-electron chi connectivity index (χ0n) is 10.3. The predicted molar refractivity (Wildman–Crippen MR) is 76.3 cm³/mol. The third-order valence-electron chi connectivity index (χ3n) is 2.43. The number of methoxy groups -OCH3 is 1. The SMILES string of the molecule is CCc1nsc(SCc2ccc(N)cc2OC)n1. The number of thioether (sulfide) groups is 1. The number of ether oxygens (including phenoxy) is 1. The number of hydrogen-bond donors (Lipinski definition) is 1. The second-order valence-corrected chi connectivity index (χ2v) is 5.66. The Bertz CT molecular complexity index is 528. The van der Waals surface area contributed by atoms with Gasteiger partial charge >= 0.3 is 0 Å². The van der Waals surface area contributed by atoms with Gasteiger partial charge in [0.1, 0.15) is 11.6 Å². The van der Waals surface area contributed by atoms with Crippen molar-refractivity contribution in [2.75, 3.05) is 12.8 Å². The molecule has 0 aliphatic carbocycles. The van der Waals surface area contributed by atoms with Gasteiger partial charge in [0.05, 0.1) is 7.11 Å². The predicted octanol–water partition coefficient (Wildman–Crippen LogP) is 2.98.